The van der Waals surface area contributed by atoms with E-state index in [1.54, 1.807) is 18.4 Å². The zero-order valence-electron chi connectivity index (χ0n) is 14.4. The Kier molecular flexibility index (Phi) is 11.3. The molecule has 7 heteroatoms. The van der Waals surface area contributed by atoms with Gasteiger partial charge < -0.3 is 20.5 Å². The molecule has 5 nitrogen and oxygen atoms in total. The second-order valence-corrected chi connectivity index (χ2v) is 6.31. The van der Waals surface area contributed by atoms with Gasteiger partial charge in [0.1, 0.15) is 5.75 Å². The van der Waals surface area contributed by atoms with Crippen molar-refractivity contribution in [3.05, 3.63) is 52.2 Å². The highest BCUT2D eigenvalue weighted by Crippen LogP contribution is 2.12. The van der Waals surface area contributed by atoms with E-state index in [1.165, 1.54) is 4.88 Å². The van der Waals surface area contributed by atoms with Crippen LogP contribution in [0.1, 0.15) is 16.9 Å². The summed E-state index contributed by atoms with van der Waals surface area (Å²) >= 11 is 1.76. The van der Waals surface area contributed by atoms with Gasteiger partial charge in [0.25, 0.3) is 0 Å². The molecule has 0 saturated heterocycles. The summed E-state index contributed by atoms with van der Waals surface area (Å²) in [5.74, 6) is 1.36. The fraction of sp³-hybridized carbons (Fsp3) is 0.389. The molecule has 1 heterocycles. The minimum atomic E-state index is 0. The van der Waals surface area contributed by atoms with Crippen LogP contribution in [0, 0.1) is 0 Å². The van der Waals surface area contributed by atoms with Crippen LogP contribution in [0.5, 0.6) is 5.75 Å². The van der Waals surface area contributed by atoms with E-state index in [0.29, 0.717) is 25.7 Å². The normalized spacial score (nSPS) is 11.0. The fourth-order valence-corrected chi connectivity index (χ4v) is 2.81. The molecule has 0 bridgehead atoms. The lowest BCUT2D eigenvalue weighted by Gasteiger charge is -2.06. The third kappa shape index (κ3) is 9.08. The van der Waals surface area contributed by atoms with E-state index in [-0.39, 0.29) is 24.0 Å². The molecular formula is C18H26IN3O2S. The van der Waals surface area contributed by atoms with Crippen molar-refractivity contribution in [2.24, 2.45) is 10.7 Å². The van der Waals surface area contributed by atoms with Crippen LogP contribution in [0.25, 0.3) is 0 Å². The van der Waals surface area contributed by atoms with Crippen LogP contribution >= 0.6 is 35.3 Å². The Morgan fingerprint density at radius 2 is 2.04 bits per heavy atom. The number of nitrogens with one attached hydrogen (secondary N) is 1. The van der Waals surface area contributed by atoms with E-state index in [0.717, 1.165) is 30.7 Å². The molecule has 25 heavy (non-hydrogen) atoms. The van der Waals surface area contributed by atoms with Crippen LogP contribution in [0.4, 0.5) is 0 Å². The summed E-state index contributed by atoms with van der Waals surface area (Å²) in [4.78, 5) is 5.65. The van der Waals surface area contributed by atoms with E-state index in [2.05, 4.69) is 27.8 Å². The van der Waals surface area contributed by atoms with Crippen LogP contribution in [0.3, 0.4) is 0 Å². The average molecular weight is 475 g/mol. The zero-order valence-corrected chi connectivity index (χ0v) is 17.6. The van der Waals surface area contributed by atoms with Gasteiger partial charge >= 0.3 is 0 Å². The third-order valence-electron chi connectivity index (χ3n) is 3.41. The summed E-state index contributed by atoms with van der Waals surface area (Å²) in [5, 5.41) is 5.21. The maximum absolute atomic E-state index is 5.84. The van der Waals surface area contributed by atoms with Gasteiger partial charge in [0.2, 0.25) is 0 Å². The predicted octanol–water partition coefficient (Wildman–Crippen LogP) is 3.43. The first-order valence-corrected chi connectivity index (χ1v) is 8.93. The van der Waals surface area contributed by atoms with Gasteiger partial charge in [-0.3, -0.25) is 4.99 Å². The summed E-state index contributed by atoms with van der Waals surface area (Å²) in [6.45, 7) is 2.74. The van der Waals surface area contributed by atoms with Crippen molar-refractivity contribution < 1.29 is 9.47 Å². The molecule has 0 radical (unpaired) electrons. The molecule has 1 aromatic carbocycles. The Morgan fingerprint density at radius 3 is 2.72 bits per heavy atom. The first-order valence-electron chi connectivity index (χ1n) is 8.05. The SMILES string of the molecule is COc1ccc(COCCCN=C(N)NCCc2cccs2)cc1.I. The van der Waals surface area contributed by atoms with Crippen molar-refractivity contribution >= 4 is 41.3 Å². The van der Waals surface area contributed by atoms with Gasteiger partial charge in [0.15, 0.2) is 5.96 Å². The molecule has 1 aromatic heterocycles. The van der Waals surface area contributed by atoms with E-state index < -0.39 is 0 Å². The lowest BCUT2D eigenvalue weighted by Crippen LogP contribution is -2.33. The molecule has 0 unspecified atom stereocenters. The molecule has 0 saturated carbocycles. The quantitative estimate of drug-likeness (QED) is 0.239. The molecule has 2 aromatic rings. The van der Waals surface area contributed by atoms with Crippen molar-refractivity contribution in [2.75, 3.05) is 26.8 Å². The van der Waals surface area contributed by atoms with Gasteiger partial charge in [0.05, 0.1) is 13.7 Å². The van der Waals surface area contributed by atoms with Crippen LogP contribution in [0.15, 0.2) is 46.8 Å². The van der Waals surface area contributed by atoms with Crippen LogP contribution in [0.2, 0.25) is 0 Å². The number of thiophene rings is 1. The minimum Gasteiger partial charge on any atom is -0.497 e. The van der Waals surface area contributed by atoms with Gasteiger partial charge in [-0.2, -0.15) is 0 Å². The molecule has 0 aliphatic rings. The number of rotatable bonds is 10. The number of guanidine groups is 1. The lowest BCUT2D eigenvalue weighted by molar-refractivity contribution is 0.120. The van der Waals surface area contributed by atoms with Crippen LogP contribution in [-0.2, 0) is 17.8 Å². The highest BCUT2D eigenvalue weighted by atomic mass is 127. The van der Waals surface area contributed by atoms with E-state index in [1.807, 2.05) is 24.3 Å². The lowest BCUT2D eigenvalue weighted by atomic mass is 10.2. The summed E-state index contributed by atoms with van der Waals surface area (Å²) in [7, 11) is 1.66. The molecule has 0 aliphatic heterocycles. The molecule has 3 N–H and O–H groups in total. The topological polar surface area (TPSA) is 68.9 Å². The number of methoxy groups -OCH3 is 1. The fourth-order valence-electron chi connectivity index (χ4n) is 2.10. The Bertz CT molecular complexity index is 603. The number of ether oxygens (including phenoxy) is 2. The first kappa shape index (κ1) is 21.7. The third-order valence-corrected chi connectivity index (χ3v) is 4.35. The standard InChI is InChI=1S/C18H25N3O2S.HI/c1-22-16-7-5-15(6-8-16)14-23-12-3-10-20-18(19)21-11-9-17-4-2-13-24-17;/h2,4-8,13H,3,9-12,14H2,1H3,(H3,19,20,21);1H. The number of aliphatic imine (C=N–C) groups is 1. The Hall–Kier alpha value is -1.32. The summed E-state index contributed by atoms with van der Waals surface area (Å²) in [6, 6.07) is 12.1. The summed E-state index contributed by atoms with van der Waals surface area (Å²) in [6.07, 6.45) is 1.82. The average Bonchev–Trinajstić information content (AvgIpc) is 3.12. The molecular weight excluding hydrogens is 449 g/mol. The number of nitrogens with two attached hydrogens (primary N) is 1. The number of nitrogens with zero attached hydrogens (tertiary/aromatic N) is 1. The Balaban J connectivity index is 0.00000312. The summed E-state index contributed by atoms with van der Waals surface area (Å²) < 4.78 is 10.8. The molecule has 0 aliphatic carbocycles. The largest absolute Gasteiger partial charge is 0.497 e. The number of benzene rings is 1. The Labute approximate surface area is 170 Å². The molecule has 138 valence electrons. The molecule has 0 fully saturated rings. The number of hydrogen-bond donors (Lipinski definition) is 2. The van der Waals surface area contributed by atoms with Crippen LogP contribution in [-0.4, -0.2) is 32.8 Å². The van der Waals surface area contributed by atoms with Gasteiger partial charge in [-0.1, -0.05) is 18.2 Å². The molecule has 0 atom stereocenters. The van der Waals surface area contributed by atoms with Crippen LogP contribution < -0.4 is 15.8 Å². The number of halogens is 1. The van der Waals surface area contributed by atoms with Crippen molar-refractivity contribution in [1.82, 2.24) is 5.32 Å². The second kappa shape index (κ2) is 13.0. The van der Waals surface area contributed by atoms with Gasteiger partial charge in [0, 0.05) is 24.6 Å². The van der Waals surface area contributed by atoms with Crippen molar-refractivity contribution in [3.8, 4) is 5.75 Å². The first-order chi connectivity index (χ1) is 11.8. The highest BCUT2D eigenvalue weighted by molar-refractivity contribution is 14.0. The van der Waals surface area contributed by atoms with Crippen molar-refractivity contribution in [1.29, 1.82) is 0 Å². The smallest absolute Gasteiger partial charge is 0.188 e. The van der Waals surface area contributed by atoms with Gasteiger partial charge in [-0.05, 0) is 42.0 Å². The molecule has 2 rings (SSSR count). The Morgan fingerprint density at radius 1 is 1.24 bits per heavy atom. The number of hydrogen-bond acceptors (Lipinski definition) is 4. The second-order valence-electron chi connectivity index (χ2n) is 5.28. The monoisotopic (exact) mass is 475 g/mol. The minimum absolute atomic E-state index is 0. The predicted molar refractivity (Wildman–Crippen MR) is 115 cm³/mol. The zero-order chi connectivity index (χ0) is 17.0. The summed E-state index contributed by atoms with van der Waals surface area (Å²) in [5.41, 5.74) is 6.97. The molecule has 0 spiro atoms. The van der Waals surface area contributed by atoms with E-state index >= 15 is 0 Å². The van der Waals surface area contributed by atoms with E-state index in [9.17, 15) is 0 Å². The van der Waals surface area contributed by atoms with Crippen molar-refractivity contribution in [3.63, 3.8) is 0 Å². The van der Waals surface area contributed by atoms with E-state index in [4.69, 9.17) is 15.2 Å². The van der Waals surface area contributed by atoms with Gasteiger partial charge in [-0.25, -0.2) is 0 Å². The maximum Gasteiger partial charge on any atom is 0.188 e. The maximum atomic E-state index is 5.84. The molecule has 0 amide bonds. The van der Waals surface area contributed by atoms with Crippen molar-refractivity contribution in [2.45, 2.75) is 19.4 Å². The van der Waals surface area contributed by atoms with Gasteiger partial charge in [-0.15, -0.1) is 35.3 Å². The highest BCUT2D eigenvalue weighted by Gasteiger charge is 1.97.